The Hall–Kier alpha value is -1.66. The molecule has 0 aliphatic carbocycles. The van der Waals surface area contributed by atoms with E-state index in [1.54, 1.807) is 19.9 Å². The SMILES string of the molecule is CN1CCN(c2cccc(C(=O)NC(C)(C)CO)n2)CC1. The van der Waals surface area contributed by atoms with Gasteiger partial charge >= 0.3 is 0 Å². The number of aliphatic hydroxyl groups excluding tert-OH is 1. The zero-order valence-corrected chi connectivity index (χ0v) is 13.0. The van der Waals surface area contributed by atoms with Crippen molar-refractivity contribution in [2.45, 2.75) is 19.4 Å². The van der Waals surface area contributed by atoms with E-state index >= 15 is 0 Å². The first-order valence-corrected chi connectivity index (χ1v) is 7.25. The first-order valence-electron chi connectivity index (χ1n) is 7.25. The molecular formula is C15H24N4O2. The maximum Gasteiger partial charge on any atom is 0.270 e. The van der Waals surface area contributed by atoms with E-state index in [1.165, 1.54) is 0 Å². The van der Waals surface area contributed by atoms with E-state index in [-0.39, 0.29) is 12.5 Å². The highest BCUT2D eigenvalue weighted by molar-refractivity contribution is 5.93. The molecule has 0 atom stereocenters. The molecule has 6 heteroatoms. The second-order valence-corrected chi connectivity index (χ2v) is 6.17. The van der Waals surface area contributed by atoms with Crippen LogP contribution >= 0.6 is 0 Å². The quantitative estimate of drug-likeness (QED) is 0.837. The molecule has 1 aromatic heterocycles. The number of rotatable bonds is 4. The molecule has 6 nitrogen and oxygen atoms in total. The number of hydrogen-bond acceptors (Lipinski definition) is 5. The van der Waals surface area contributed by atoms with Crippen LogP contribution in [0.1, 0.15) is 24.3 Å². The van der Waals surface area contributed by atoms with Crippen LogP contribution in [-0.4, -0.2) is 66.3 Å². The summed E-state index contributed by atoms with van der Waals surface area (Å²) in [7, 11) is 2.10. The Balaban J connectivity index is 2.09. The largest absolute Gasteiger partial charge is 0.394 e. The standard InChI is InChI=1S/C15H24N4O2/c1-15(2,11-20)17-14(21)12-5-4-6-13(16-12)19-9-7-18(3)8-10-19/h4-6,20H,7-11H2,1-3H3,(H,17,21). The maximum absolute atomic E-state index is 12.2. The number of hydrogen-bond donors (Lipinski definition) is 2. The molecule has 0 saturated carbocycles. The Bertz CT molecular complexity index is 496. The molecule has 21 heavy (non-hydrogen) atoms. The number of likely N-dealkylation sites (N-methyl/N-ethyl adjacent to an activating group) is 1. The predicted molar refractivity (Wildman–Crippen MR) is 82.6 cm³/mol. The van der Waals surface area contributed by atoms with Gasteiger partial charge in [-0.1, -0.05) is 6.07 Å². The number of carbonyl (C=O) groups excluding carboxylic acids is 1. The van der Waals surface area contributed by atoms with Crippen LogP contribution < -0.4 is 10.2 Å². The van der Waals surface area contributed by atoms with E-state index in [0.29, 0.717) is 5.69 Å². The summed E-state index contributed by atoms with van der Waals surface area (Å²) in [6.45, 7) is 7.25. The van der Waals surface area contributed by atoms with Gasteiger partial charge in [-0.2, -0.15) is 0 Å². The lowest BCUT2D eigenvalue weighted by Crippen LogP contribution is -2.47. The van der Waals surface area contributed by atoms with Crippen molar-refractivity contribution >= 4 is 11.7 Å². The minimum absolute atomic E-state index is 0.114. The minimum Gasteiger partial charge on any atom is -0.394 e. The lowest BCUT2D eigenvalue weighted by Gasteiger charge is -2.33. The normalized spacial score (nSPS) is 16.9. The number of piperazine rings is 1. The van der Waals surface area contributed by atoms with E-state index < -0.39 is 5.54 Å². The number of anilines is 1. The summed E-state index contributed by atoms with van der Waals surface area (Å²) in [5.74, 6) is 0.572. The van der Waals surface area contributed by atoms with E-state index in [1.807, 2.05) is 12.1 Å². The second kappa shape index (κ2) is 6.41. The van der Waals surface area contributed by atoms with Gasteiger partial charge in [-0.15, -0.1) is 0 Å². The highest BCUT2D eigenvalue weighted by Gasteiger charge is 2.22. The van der Waals surface area contributed by atoms with Crippen molar-refractivity contribution in [3.63, 3.8) is 0 Å². The monoisotopic (exact) mass is 292 g/mol. The zero-order chi connectivity index (χ0) is 15.5. The Morgan fingerprint density at radius 1 is 1.33 bits per heavy atom. The fourth-order valence-corrected chi connectivity index (χ4v) is 2.17. The van der Waals surface area contributed by atoms with Crippen molar-refractivity contribution in [3.05, 3.63) is 23.9 Å². The second-order valence-electron chi connectivity index (χ2n) is 6.17. The van der Waals surface area contributed by atoms with Crippen molar-refractivity contribution in [1.82, 2.24) is 15.2 Å². The van der Waals surface area contributed by atoms with Gasteiger partial charge in [0.2, 0.25) is 0 Å². The van der Waals surface area contributed by atoms with Crippen LogP contribution in [0.2, 0.25) is 0 Å². The van der Waals surface area contributed by atoms with Crippen molar-refractivity contribution in [3.8, 4) is 0 Å². The van der Waals surface area contributed by atoms with Crippen molar-refractivity contribution in [1.29, 1.82) is 0 Å². The molecule has 1 aliphatic heterocycles. The van der Waals surface area contributed by atoms with Gasteiger partial charge in [-0.25, -0.2) is 4.98 Å². The summed E-state index contributed by atoms with van der Waals surface area (Å²) in [6.07, 6.45) is 0. The number of aromatic nitrogens is 1. The molecule has 0 aromatic carbocycles. The molecule has 1 amide bonds. The van der Waals surface area contributed by atoms with Crippen LogP contribution in [0, 0.1) is 0 Å². The average Bonchev–Trinajstić information content (AvgIpc) is 2.48. The summed E-state index contributed by atoms with van der Waals surface area (Å²) >= 11 is 0. The molecular weight excluding hydrogens is 268 g/mol. The van der Waals surface area contributed by atoms with E-state index in [0.717, 1.165) is 32.0 Å². The minimum atomic E-state index is -0.650. The van der Waals surface area contributed by atoms with E-state index in [2.05, 4.69) is 27.1 Å². The number of aliphatic hydroxyl groups is 1. The smallest absolute Gasteiger partial charge is 0.270 e. The fourth-order valence-electron chi connectivity index (χ4n) is 2.17. The van der Waals surface area contributed by atoms with Gasteiger partial charge in [0.05, 0.1) is 12.1 Å². The molecule has 116 valence electrons. The number of carbonyl (C=O) groups is 1. The predicted octanol–water partition coefficient (Wildman–Crippen LogP) is 0.334. The summed E-state index contributed by atoms with van der Waals surface area (Å²) in [6, 6.07) is 5.48. The molecule has 1 fully saturated rings. The first kappa shape index (κ1) is 15.7. The van der Waals surface area contributed by atoms with Crippen LogP contribution in [-0.2, 0) is 0 Å². The Morgan fingerprint density at radius 2 is 2.00 bits per heavy atom. The van der Waals surface area contributed by atoms with Gasteiger partial charge in [-0.05, 0) is 33.0 Å². The van der Waals surface area contributed by atoms with Gasteiger partial charge in [0.15, 0.2) is 0 Å². The van der Waals surface area contributed by atoms with Crippen molar-refractivity contribution < 1.29 is 9.90 Å². The third kappa shape index (κ3) is 4.15. The first-order chi connectivity index (χ1) is 9.91. The Labute approximate surface area is 125 Å². The molecule has 0 unspecified atom stereocenters. The summed E-state index contributed by atoms with van der Waals surface area (Å²) in [4.78, 5) is 21.1. The van der Waals surface area contributed by atoms with Gasteiger partial charge < -0.3 is 20.2 Å². The van der Waals surface area contributed by atoms with Crippen LogP contribution in [0.3, 0.4) is 0 Å². The molecule has 2 N–H and O–H groups in total. The topological polar surface area (TPSA) is 68.7 Å². The van der Waals surface area contributed by atoms with Gasteiger partial charge in [0, 0.05) is 26.2 Å². The third-order valence-electron chi connectivity index (χ3n) is 3.64. The maximum atomic E-state index is 12.2. The summed E-state index contributed by atoms with van der Waals surface area (Å²) in [5.41, 5.74) is -0.268. The Kier molecular flexibility index (Phi) is 4.80. The molecule has 0 spiro atoms. The third-order valence-corrected chi connectivity index (χ3v) is 3.64. The van der Waals surface area contributed by atoms with Crippen molar-refractivity contribution in [2.75, 3.05) is 44.7 Å². The van der Waals surface area contributed by atoms with Crippen LogP contribution in [0.15, 0.2) is 18.2 Å². The summed E-state index contributed by atoms with van der Waals surface area (Å²) < 4.78 is 0. The number of nitrogens with one attached hydrogen (secondary N) is 1. The highest BCUT2D eigenvalue weighted by atomic mass is 16.3. The molecule has 1 aromatic rings. The number of nitrogens with zero attached hydrogens (tertiary/aromatic N) is 3. The van der Waals surface area contributed by atoms with E-state index in [9.17, 15) is 9.90 Å². The Morgan fingerprint density at radius 3 is 2.62 bits per heavy atom. The molecule has 1 saturated heterocycles. The summed E-state index contributed by atoms with van der Waals surface area (Å²) in [5, 5.41) is 12.0. The van der Waals surface area contributed by atoms with Crippen LogP contribution in [0.25, 0.3) is 0 Å². The molecule has 0 bridgehead atoms. The van der Waals surface area contributed by atoms with Crippen molar-refractivity contribution in [2.24, 2.45) is 0 Å². The molecule has 0 radical (unpaired) electrons. The van der Waals surface area contributed by atoms with E-state index in [4.69, 9.17) is 0 Å². The van der Waals surface area contributed by atoms with Gasteiger partial charge in [0.25, 0.3) is 5.91 Å². The molecule has 2 rings (SSSR count). The van der Waals surface area contributed by atoms with Gasteiger partial charge in [-0.3, -0.25) is 4.79 Å². The number of pyridine rings is 1. The lowest BCUT2D eigenvalue weighted by molar-refractivity contribution is 0.0864. The molecule has 1 aliphatic rings. The van der Waals surface area contributed by atoms with Gasteiger partial charge in [0.1, 0.15) is 11.5 Å². The fraction of sp³-hybridized carbons (Fsp3) is 0.600. The lowest BCUT2D eigenvalue weighted by atomic mass is 10.1. The highest BCUT2D eigenvalue weighted by Crippen LogP contribution is 2.14. The van der Waals surface area contributed by atoms with Crippen LogP contribution in [0.4, 0.5) is 5.82 Å². The molecule has 2 heterocycles. The number of amides is 1. The average molecular weight is 292 g/mol. The zero-order valence-electron chi connectivity index (χ0n) is 13.0. The van der Waals surface area contributed by atoms with Crippen LogP contribution in [0.5, 0.6) is 0 Å².